The van der Waals surface area contributed by atoms with Crippen LogP contribution in [0, 0.1) is 0 Å². The number of carbonyl (C=O) groups excluding carboxylic acids is 4. The monoisotopic (exact) mass is 1110 g/mol. The summed E-state index contributed by atoms with van der Waals surface area (Å²) in [5, 5.41) is 5.87. The summed E-state index contributed by atoms with van der Waals surface area (Å²) in [5.74, 6) is 0.955. The lowest BCUT2D eigenvalue weighted by Crippen LogP contribution is -2.32. The van der Waals surface area contributed by atoms with Crippen LogP contribution in [0.25, 0.3) is 0 Å². The largest absolute Gasteiger partial charge is 0.491 e. The zero-order valence-electron chi connectivity index (χ0n) is 49.3. The second-order valence-electron chi connectivity index (χ2n) is 20.8. The van der Waals surface area contributed by atoms with E-state index in [2.05, 4.69) is 10.6 Å². The lowest BCUT2D eigenvalue weighted by atomic mass is 9.88. The number of benzene rings is 4. The second kappa shape index (κ2) is 32.0. The van der Waals surface area contributed by atoms with Crippen molar-refractivity contribution in [2.24, 2.45) is 0 Å². The van der Waals surface area contributed by atoms with Crippen LogP contribution in [0.3, 0.4) is 0 Å². The molecule has 0 saturated carbocycles. The summed E-state index contributed by atoms with van der Waals surface area (Å²) in [6.45, 7) is 26.0. The van der Waals surface area contributed by atoms with Crippen molar-refractivity contribution in [3.63, 3.8) is 0 Å². The molecule has 0 unspecified atom stereocenters. The number of carbonyl (C=O) groups is 4. The van der Waals surface area contributed by atoms with Crippen molar-refractivity contribution in [1.82, 2.24) is 10.6 Å². The van der Waals surface area contributed by atoms with E-state index in [1.807, 2.05) is 52.0 Å². The Morgan fingerprint density at radius 3 is 0.850 bits per heavy atom. The van der Waals surface area contributed by atoms with Crippen molar-refractivity contribution >= 4 is 24.1 Å². The van der Waals surface area contributed by atoms with E-state index in [-0.39, 0.29) is 116 Å². The topological polar surface area (TPSA) is 203 Å². The molecule has 0 heterocycles. The Bertz CT molecular complexity index is 2390. The van der Waals surface area contributed by atoms with Crippen molar-refractivity contribution in [2.75, 3.05) is 92.5 Å². The van der Waals surface area contributed by atoms with Crippen molar-refractivity contribution in [1.29, 1.82) is 0 Å². The first-order valence-corrected chi connectivity index (χ1v) is 28.0. The first-order valence-electron chi connectivity index (χ1n) is 28.0. The maximum absolute atomic E-state index is 14.1. The minimum absolute atomic E-state index is 0.0671. The minimum atomic E-state index is -0.753. The van der Waals surface area contributed by atoms with Crippen LogP contribution in [-0.2, 0) is 76.7 Å². The summed E-state index contributed by atoms with van der Waals surface area (Å²) < 4.78 is 73.2. The van der Waals surface area contributed by atoms with Gasteiger partial charge in [0.15, 0.2) is 0 Å². The van der Waals surface area contributed by atoms with Gasteiger partial charge in [0, 0.05) is 65.2 Å². The fraction of sp³-hybridized carbons (Fsp3) is 0.548. The van der Waals surface area contributed by atoms with Crippen molar-refractivity contribution < 1.29 is 76.0 Å². The molecule has 0 atom stereocenters. The average Bonchev–Trinajstić information content (AvgIpc) is 3.41. The number of alkyl carbamates (subject to hydrolysis) is 2. The molecule has 0 spiro atoms. The van der Waals surface area contributed by atoms with Crippen LogP contribution in [0.15, 0.2) is 48.5 Å². The molecule has 0 aliphatic heterocycles. The van der Waals surface area contributed by atoms with Crippen LogP contribution >= 0.6 is 0 Å². The summed E-state index contributed by atoms with van der Waals surface area (Å²) in [5.41, 5.74) is 5.73. The molecule has 4 aromatic carbocycles. The first kappa shape index (κ1) is 64.2. The molecular weight excluding hydrogens is 1030 g/mol. The molecular formula is C62H86N2O16. The van der Waals surface area contributed by atoms with E-state index in [4.69, 9.17) is 56.8 Å². The highest BCUT2D eigenvalue weighted by Crippen LogP contribution is 2.41. The van der Waals surface area contributed by atoms with Gasteiger partial charge in [-0.25, -0.2) is 19.2 Å². The molecule has 0 aromatic heterocycles. The minimum Gasteiger partial charge on any atom is -0.491 e. The summed E-state index contributed by atoms with van der Waals surface area (Å²) in [6.07, 6.45) is -0.610. The van der Waals surface area contributed by atoms with E-state index in [1.54, 1.807) is 79.7 Å². The maximum Gasteiger partial charge on any atom is 0.407 e. The quantitative estimate of drug-likeness (QED) is 0.0272. The molecule has 1 aliphatic carbocycles. The van der Waals surface area contributed by atoms with E-state index in [0.717, 1.165) is 0 Å². The van der Waals surface area contributed by atoms with Crippen molar-refractivity contribution in [3.05, 3.63) is 115 Å². The third-order valence-electron chi connectivity index (χ3n) is 12.0. The number of amides is 2. The normalized spacial score (nSPS) is 12.2. The molecule has 18 heteroatoms. The zero-order chi connectivity index (χ0) is 58.2. The molecule has 8 bridgehead atoms. The van der Waals surface area contributed by atoms with E-state index < -0.39 is 35.3 Å². The van der Waals surface area contributed by atoms with Gasteiger partial charge < -0.3 is 67.5 Å². The van der Waals surface area contributed by atoms with Gasteiger partial charge in [-0.05, 0) is 187 Å². The standard InChI is InChI=1S/C62H86N2O16/c1-13-69-19-23-75-53-43-27-41(39-63-59(67)79-61(7,8)9)28-44(53)32-48-36-52(58(66)74-18-6)38-50(56(48)78-26-22-72-16-4)34-46-30-42(40-64-60(68)80-62(10,11)12)29-45(54(46)76-24-20-70-14-2)33-49-37-51(57(65)73-17-5)35-47(31-43)55(49)77-25-21-71-15-3/h27-30,35-38H,13-26,31-34,39-40H2,1-12H3,(H,63,67)(H,64,68). The van der Waals surface area contributed by atoms with Crippen LogP contribution in [0.1, 0.15) is 159 Å². The van der Waals surface area contributed by atoms with Crippen molar-refractivity contribution in [3.8, 4) is 23.0 Å². The van der Waals surface area contributed by atoms with Crippen LogP contribution in [0.2, 0.25) is 0 Å². The Labute approximate surface area is 473 Å². The Morgan fingerprint density at radius 1 is 0.375 bits per heavy atom. The molecule has 440 valence electrons. The number of nitrogens with one attached hydrogen (secondary N) is 2. The second-order valence-corrected chi connectivity index (χ2v) is 20.8. The number of fused-ring (bicyclic) bond motifs is 8. The maximum atomic E-state index is 14.1. The SMILES string of the molecule is CCOCCOc1c2cc(CNC(=O)OC(C)(C)C)cc1Cc1cc(C(=O)OCC)cc(c1OCCOCC)Cc1cc(CNC(=O)OC(C)(C)C)cc(c1OCCOCC)Cc1cc(C(=O)OCC)cc(c1OCCOCC)C2. The molecule has 4 aromatic rings. The number of esters is 2. The highest BCUT2D eigenvalue weighted by atomic mass is 16.6. The Kier molecular flexibility index (Phi) is 25.7. The van der Waals surface area contributed by atoms with E-state index in [9.17, 15) is 19.2 Å². The van der Waals surface area contributed by atoms with Gasteiger partial charge in [-0.1, -0.05) is 0 Å². The fourth-order valence-electron chi connectivity index (χ4n) is 9.01. The smallest absolute Gasteiger partial charge is 0.407 e. The van der Waals surface area contributed by atoms with Gasteiger partial charge >= 0.3 is 24.1 Å². The highest BCUT2D eigenvalue weighted by Gasteiger charge is 2.28. The highest BCUT2D eigenvalue weighted by molar-refractivity contribution is 5.91. The first-order chi connectivity index (χ1) is 38.3. The molecule has 0 saturated heterocycles. The number of rotatable bonds is 28. The zero-order valence-corrected chi connectivity index (χ0v) is 49.3. The fourth-order valence-corrected chi connectivity index (χ4v) is 9.01. The van der Waals surface area contributed by atoms with Crippen LogP contribution < -0.4 is 29.6 Å². The van der Waals surface area contributed by atoms with E-state index in [0.29, 0.717) is 105 Å². The van der Waals surface area contributed by atoms with Gasteiger partial charge in [0.25, 0.3) is 0 Å². The van der Waals surface area contributed by atoms with Gasteiger partial charge in [0.1, 0.15) is 60.6 Å². The third kappa shape index (κ3) is 20.5. The molecule has 1 aliphatic rings. The van der Waals surface area contributed by atoms with E-state index in [1.165, 1.54) is 0 Å². The van der Waals surface area contributed by atoms with Crippen LogP contribution in [0.5, 0.6) is 23.0 Å². The number of hydrogen-bond donors (Lipinski definition) is 2. The van der Waals surface area contributed by atoms with Gasteiger partial charge in [0.05, 0.1) is 50.8 Å². The van der Waals surface area contributed by atoms with Gasteiger partial charge in [-0.3, -0.25) is 0 Å². The Morgan fingerprint density at radius 2 is 0.625 bits per heavy atom. The summed E-state index contributed by atoms with van der Waals surface area (Å²) in [6, 6.07) is 14.9. The van der Waals surface area contributed by atoms with Gasteiger partial charge in [-0.15, -0.1) is 0 Å². The summed E-state index contributed by atoms with van der Waals surface area (Å²) in [4.78, 5) is 54.8. The molecule has 80 heavy (non-hydrogen) atoms. The number of hydrogen-bond acceptors (Lipinski definition) is 16. The third-order valence-corrected chi connectivity index (χ3v) is 12.0. The van der Waals surface area contributed by atoms with Crippen LogP contribution in [-0.4, -0.2) is 128 Å². The summed E-state index contributed by atoms with van der Waals surface area (Å²) >= 11 is 0. The van der Waals surface area contributed by atoms with Gasteiger partial charge in [-0.2, -0.15) is 0 Å². The van der Waals surface area contributed by atoms with Crippen LogP contribution in [0.4, 0.5) is 9.59 Å². The molecule has 2 amide bonds. The molecule has 0 fully saturated rings. The molecule has 0 radical (unpaired) electrons. The molecule has 5 rings (SSSR count). The molecule has 18 nitrogen and oxygen atoms in total. The lowest BCUT2D eigenvalue weighted by molar-refractivity contribution is 0.0512. The predicted molar refractivity (Wildman–Crippen MR) is 303 cm³/mol. The Hall–Kier alpha value is -6.60. The predicted octanol–water partition coefficient (Wildman–Crippen LogP) is 10.4. The van der Waals surface area contributed by atoms with Gasteiger partial charge in [0.2, 0.25) is 0 Å². The number of ether oxygens (including phenoxy) is 12. The average molecular weight is 1120 g/mol. The van der Waals surface area contributed by atoms with E-state index >= 15 is 0 Å². The molecule has 2 N–H and O–H groups in total. The summed E-state index contributed by atoms with van der Waals surface area (Å²) in [7, 11) is 0. The lowest BCUT2D eigenvalue weighted by Gasteiger charge is -2.25. The van der Waals surface area contributed by atoms with Crippen molar-refractivity contribution in [2.45, 2.75) is 133 Å². The Balaban J connectivity index is 1.97.